The molecular weight excluding hydrogens is 383 g/mol. The van der Waals surface area contributed by atoms with Gasteiger partial charge in [0.2, 0.25) is 5.91 Å². The lowest BCUT2D eigenvalue weighted by Crippen LogP contribution is -2.48. The number of carbonyl (C=O) groups is 1. The summed E-state index contributed by atoms with van der Waals surface area (Å²) in [5.41, 5.74) is 1.69. The molecule has 1 aliphatic carbocycles. The molecule has 0 aromatic carbocycles. The minimum Gasteiger partial charge on any atom is -0.346 e. The first-order valence-corrected chi connectivity index (χ1v) is 9.67. The molecule has 1 amide bonds. The van der Waals surface area contributed by atoms with Crippen molar-refractivity contribution in [3.8, 4) is 11.3 Å². The van der Waals surface area contributed by atoms with E-state index in [0.29, 0.717) is 30.3 Å². The van der Waals surface area contributed by atoms with Crippen LogP contribution in [0.4, 0.5) is 13.2 Å². The Bertz CT molecular complexity index is 1090. The van der Waals surface area contributed by atoms with Gasteiger partial charge in [0.25, 0.3) is 0 Å². The molecule has 4 heterocycles. The van der Waals surface area contributed by atoms with Gasteiger partial charge in [-0.2, -0.15) is 18.3 Å². The molecule has 5 rings (SSSR count). The number of nitrogens with one attached hydrogen (secondary N) is 1. The molecule has 6 nitrogen and oxygen atoms in total. The maximum absolute atomic E-state index is 13.3. The Hall–Kier alpha value is -2.84. The van der Waals surface area contributed by atoms with E-state index in [1.807, 2.05) is 10.7 Å². The number of hydrogen-bond donors (Lipinski definition) is 1. The number of fused-ring (bicyclic) bond motifs is 1. The predicted molar refractivity (Wildman–Crippen MR) is 100 cm³/mol. The van der Waals surface area contributed by atoms with E-state index in [4.69, 9.17) is 5.10 Å². The van der Waals surface area contributed by atoms with Crippen LogP contribution in [0.25, 0.3) is 22.3 Å². The quantitative estimate of drug-likeness (QED) is 0.721. The lowest BCUT2D eigenvalue weighted by atomic mass is 9.95. The van der Waals surface area contributed by atoms with Crippen molar-refractivity contribution in [2.24, 2.45) is 5.92 Å². The zero-order chi connectivity index (χ0) is 20.3. The number of hydrogen-bond acceptors (Lipinski definition) is 3. The van der Waals surface area contributed by atoms with Crippen molar-refractivity contribution in [2.45, 2.75) is 38.4 Å². The van der Waals surface area contributed by atoms with E-state index in [1.54, 1.807) is 18.0 Å². The van der Waals surface area contributed by atoms with Crippen molar-refractivity contribution in [1.29, 1.82) is 0 Å². The van der Waals surface area contributed by atoms with Crippen LogP contribution in [0, 0.1) is 5.92 Å². The van der Waals surface area contributed by atoms with E-state index in [0.717, 1.165) is 18.4 Å². The highest BCUT2D eigenvalue weighted by Crippen LogP contribution is 2.37. The van der Waals surface area contributed by atoms with Crippen LogP contribution in [0.3, 0.4) is 0 Å². The summed E-state index contributed by atoms with van der Waals surface area (Å²) in [7, 11) is 0. The molecule has 1 saturated carbocycles. The summed E-state index contributed by atoms with van der Waals surface area (Å²) in [5.74, 6) is 0.859. The van der Waals surface area contributed by atoms with Crippen molar-refractivity contribution >= 4 is 16.9 Å². The fourth-order valence-electron chi connectivity index (χ4n) is 3.89. The summed E-state index contributed by atoms with van der Waals surface area (Å²) in [6, 6.07) is 3.44. The fourth-order valence-corrected chi connectivity index (χ4v) is 3.89. The maximum atomic E-state index is 13.3. The smallest absolute Gasteiger partial charge is 0.346 e. The lowest BCUT2D eigenvalue weighted by molar-refractivity contribution is -0.136. The van der Waals surface area contributed by atoms with Crippen LogP contribution in [0.5, 0.6) is 0 Å². The number of carbonyl (C=O) groups excluding carboxylic acids is 1. The Morgan fingerprint density at radius 1 is 1.28 bits per heavy atom. The highest BCUT2D eigenvalue weighted by molar-refractivity contribution is 5.84. The Morgan fingerprint density at radius 2 is 2.03 bits per heavy atom. The summed E-state index contributed by atoms with van der Waals surface area (Å²) in [6.45, 7) is 3.66. The minimum absolute atomic E-state index is 0.0414. The molecule has 2 fully saturated rings. The zero-order valence-corrected chi connectivity index (χ0v) is 15.8. The average Bonchev–Trinajstić information content (AvgIpc) is 3.16. The molecule has 0 bridgehead atoms. The first-order chi connectivity index (χ1) is 13.8. The van der Waals surface area contributed by atoms with Crippen molar-refractivity contribution < 1.29 is 18.0 Å². The van der Waals surface area contributed by atoms with E-state index in [2.05, 4.69) is 9.97 Å². The third kappa shape index (κ3) is 3.28. The SMILES string of the molecule is CC(=O)N1CC(c2cc(-c3cnc4[nH]cc(C(F)(F)F)c4c3)nn2CC2CC2)C1. The largest absolute Gasteiger partial charge is 0.418 e. The van der Waals surface area contributed by atoms with Crippen LogP contribution in [0.15, 0.2) is 24.5 Å². The standard InChI is InChI=1S/C20H20F3N5O/c1-11(29)27-9-14(10-27)18-5-17(26-28(18)8-12-2-3-12)13-4-15-16(20(21,22)23)7-25-19(15)24-6-13/h4-7,12,14H,2-3,8-10H2,1H3,(H,24,25). The van der Waals surface area contributed by atoms with Crippen molar-refractivity contribution in [3.05, 3.63) is 35.8 Å². The average molecular weight is 403 g/mol. The molecule has 9 heteroatoms. The van der Waals surface area contributed by atoms with Gasteiger partial charge >= 0.3 is 6.18 Å². The second-order valence-corrected chi connectivity index (χ2v) is 8.02. The van der Waals surface area contributed by atoms with Gasteiger partial charge < -0.3 is 9.88 Å². The summed E-state index contributed by atoms with van der Waals surface area (Å²) in [4.78, 5) is 20.0. The Labute approximate surface area is 164 Å². The van der Waals surface area contributed by atoms with Crippen molar-refractivity contribution in [2.75, 3.05) is 13.1 Å². The van der Waals surface area contributed by atoms with Crippen LogP contribution < -0.4 is 0 Å². The number of aromatic amines is 1. The number of alkyl halides is 3. The molecule has 0 radical (unpaired) electrons. The summed E-state index contributed by atoms with van der Waals surface area (Å²) in [6.07, 6.45) is 0.394. The Kier molecular flexibility index (Phi) is 3.97. The van der Waals surface area contributed by atoms with Crippen molar-refractivity contribution in [1.82, 2.24) is 24.6 Å². The predicted octanol–water partition coefficient (Wildman–Crippen LogP) is 3.80. The summed E-state index contributed by atoms with van der Waals surface area (Å²) in [5, 5.41) is 4.74. The van der Waals surface area contributed by atoms with Gasteiger partial charge in [0.05, 0.1) is 11.3 Å². The molecule has 1 N–H and O–H groups in total. The first-order valence-electron chi connectivity index (χ1n) is 9.67. The van der Waals surface area contributed by atoms with Crippen LogP contribution in [0.1, 0.15) is 36.9 Å². The molecule has 1 aliphatic heterocycles. The highest BCUT2D eigenvalue weighted by Gasteiger charge is 2.35. The van der Waals surface area contributed by atoms with Gasteiger partial charge in [0.1, 0.15) is 5.65 Å². The second kappa shape index (κ2) is 6.33. The van der Waals surface area contributed by atoms with Crippen LogP contribution >= 0.6 is 0 Å². The zero-order valence-electron chi connectivity index (χ0n) is 15.8. The van der Waals surface area contributed by atoms with Gasteiger partial charge in [-0.3, -0.25) is 9.48 Å². The molecule has 0 atom stereocenters. The molecule has 0 unspecified atom stereocenters. The fraction of sp³-hybridized carbons (Fsp3) is 0.450. The maximum Gasteiger partial charge on any atom is 0.418 e. The number of pyridine rings is 1. The number of rotatable bonds is 4. The monoisotopic (exact) mass is 403 g/mol. The molecule has 29 heavy (non-hydrogen) atoms. The van der Waals surface area contributed by atoms with Crippen LogP contribution in [0.2, 0.25) is 0 Å². The Morgan fingerprint density at radius 3 is 2.69 bits per heavy atom. The van der Waals surface area contributed by atoms with E-state index >= 15 is 0 Å². The van der Waals surface area contributed by atoms with Crippen LogP contribution in [-0.4, -0.2) is 43.6 Å². The number of halogens is 3. The number of likely N-dealkylation sites (tertiary alicyclic amines) is 1. The lowest BCUT2D eigenvalue weighted by Gasteiger charge is -2.38. The summed E-state index contributed by atoms with van der Waals surface area (Å²) < 4.78 is 41.8. The van der Waals surface area contributed by atoms with Gasteiger partial charge in [-0.15, -0.1) is 0 Å². The number of amides is 1. The molecule has 0 spiro atoms. The third-order valence-corrected chi connectivity index (χ3v) is 5.82. The van der Waals surface area contributed by atoms with Gasteiger partial charge in [-0.1, -0.05) is 0 Å². The molecule has 1 saturated heterocycles. The first kappa shape index (κ1) is 18.2. The molecule has 3 aromatic rings. The van der Waals surface area contributed by atoms with Gasteiger partial charge in [0.15, 0.2) is 0 Å². The number of aromatic nitrogens is 4. The van der Waals surface area contributed by atoms with Gasteiger partial charge in [0, 0.05) is 61.5 Å². The van der Waals surface area contributed by atoms with E-state index in [-0.39, 0.29) is 22.9 Å². The topological polar surface area (TPSA) is 66.8 Å². The number of H-pyrrole nitrogens is 1. The van der Waals surface area contributed by atoms with E-state index in [9.17, 15) is 18.0 Å². The third-order valence-electron chi connectivity index (χ3n) is 5.82. The van der Waals surface area contributed by atoms with E-state index in [1.165, 1.54) is 18.9 Å². The van der Waals surface area contributed by atoms with Gasteiger partial charge in [-0.05, 0) is 30.9 Å². The molecule has 152 valence electrons. The van der Waals surface area contributed by atoms with Gasteiger partial charge in [-0.25, -0.2) is 4.98 Å². The molecule has 3 aromatic heterocycles. The summed E-state index contributed by atoms with van der Waals surface area (Å²) >= 11 is 0. The van der Waals surface area contributed by atoms with E-state index < -0.39 is 11.7 Å². The van der Waals surface area contributed by atoms with Crippen molar-refractivity contribution in [3.63, 3.8) is 0 Å². The Balaban J connectivity index is 1.51. The second-order valence-electron chi connectivity index (χ2n) is 8.02. The minimum atomic E-state index is -4.45. The number of nitrogens with zero attached hydrogens (tertiary/aromatic N) is 4. The molecule has 2 aliphatic rings. The highest BCUT2D eigenvalue weighted by atomic mass is 19.4. The molecular formula is C20H20F3N5O. The van der Waals surface area contributed by atoms with Crippen LogP contribution in [-0.2, 0) is 17.5 Å². The normalized spacial score (nSPS) is 17.7.